The summed E-state index contributed by atoms with van der Waals surface area (Å²) >= 11 is 4.83. The van der Waals surface area contributed by atoms with Crippen LogP contribution in [0.15, 0.2) is 18.2 Å². The summed E-state index contributed by atoms with van der Waals surface area (Å²) in [6, 6.07) is 4.96. The summed E-state index contributed by atoms with van der Waals surface area (Å²) in [5, 5.41) is 0. The molecule has 1 aromatic rings. The molecule has 0 spiro atoms. The van der Waals surface area contributed by atoms with E-state index in [4.69, 9.17) is 18.0 Å². The van der Waals surface area contributed by atoms with Gasteiger partial charge in [0, 0.05) is 30.6 Å². The molecule has 0 aliphatic carbocycles. The molecule has 1 aliphatic heterocycles. The Morgan fingerprint density at radius 2 is 2.25 bits per heavy atom. The second-order valence-electron chi connectivity index (χ2n) is 5.39. The van der Waals surface area contributed by atoms with Crippen molar-refractivity contribution >= 4 is 23.1 Å². The van der Waals surface area contributed by atoms with Gasteiger partial charge in [-0.15, -0.1) is 0 Å². The van der Waals surface area contributed by atoms with Crippen molar-refractivity contribution in [2.45, 2.75) is 32.7 Å². The molecule has 2 N–H and O–H groups in total. The molecule has 0 aromatic heterocycles. The molecule has 1 amide bonds. The van der Waals surface area contributed by atoms with E-state index in [-0.39, 0.29) is 23.0 Å². The number of likely N-dealkylation sites (tertiary alicyclic amines) is 1. The topological polar surface area (TPSA) is 46.3 Å². The van der Waals surface area contributed by atoms with Gasteiger partial charge in [-0.1, -0.05) is 31.3 Å². The van der Waals surface area contributed by atoms with E-state index < -0.39 is 5.82 Å². The normalized spacial score (nSPS) is 19.8. The Morgan fingerprint density at radius 1 is 1.50 bits per heavy atom. The average Bonchev–Trinajstić information content (AvgIpc) is 2.56. The Kier molecular flexibility index (Phi) is 4.70. The molecule has 0 bridgehead atoms. The minimum Gasteiger partial charge on any atom is -0.389 e. The van der Waals surface area contributed by atoms with Gasteiger partial charge in [0.1, 0.15) is 10.8 Å². The van der Waals surface area contributed by atoms with Crippen molar-refractivity contribution in [2.75, 3.05) is 6.54 Å². The van der Waals surface area contributed by atoms with Crippen molar-refractivity contribution in [3.05, 3.63) is 35.1 Å². The quantitative estimate of drug-likeness (QED) is 0.872. The summed E-state index contributed by atoms with van der Waals surface area (Å²) in [6.45, 7) is 3.11. The van der Waals surface area contributed by atoms with Crippen molar-refractivity contribution in [3.63, 3.8) is 0 Å². The molecule has 0 saturated carbocycles. The lowest BCUT2D eigenvalue weighted by atomic mass is 10.0. The van der Waals surface area contributed by atoms with Crippen LogP contribution in [0, 0.1) is 11.7 Å². The molecule has 1 atom stereocenters. The van der Waals surface area contributed by atoms with E-state index in [0.717, 1.165) is 12.8 Å². The zero-order valence-corrected chi connectivity index (χ0v) is 12.4. The van der Waals surface area contributed by atoms with E-state index in [2.05, 4.69) is 6.92 Å². The van der Waals surface area contributed by atoms with Crippen molar-refractivity contribution in [1.82, 2.24) is 4.90 Å². The predicted octanol–water partition coefficient (Wildman–Crippen LogP) is 2.61. The van der Waals surface area contributed by atoms with Crippen LogP contribution in [0.25, 0.3) is 0 Å². The molecule has 1 fully saturated rings. The molecule has 1 aliphatic rings. The van der Waals surface area contributed by atoms with Gasteiger partial charge in [0.15, 0.2) is 0 Å². The summed E-state index contributed by atoms with van der Waals surface area (Å²) in [4.78, 5) is 13.8. The molecule has 1 heterocycles. The van der Waals surface area contributed by atoms with E-state index in [1.165, 1.54) is 0 Å². The van der Waals surface area contributed by atoms with Crippen molar-refractivity contribution < 1.29 is 9.18 Å². The molecular weight excluding hydrogens is 275 g/mol. The molecule has 1 saturated heterocycles. The Bertz CT molecular complexity index is 533. The fourth-order valence-electron chi connectivity index (χ4n) is 2.44. The first-order valence-corrected chi connectivity index (χ1v) is 7.25. The number of carbonyl (C=O) groups is 1. The third-order valence-corrected chi connectivity index (χ3v) is 4.02. The van der Waals surface area contributed by atoms with Crippen molar-refractivity contribution in [3.8, 4) is 0 Å². The molecule has 5 heteroatoms. The standard InChI is InChI=1S/C15H19FN2OS/c1-10-5-6-13(19)18(8-7-10)9-11-3-2-4-12(14(11)16)15(17)20/h2-4,10H,5-9H2,1H3,(H2,17,20). The fraction of sp³-hybridized carbons (Fsp3) is 0.467. The lowest BCUT2D eigenvalue weighted by Crippen LogP contribution is -2.30. The average molecular weight is 294 g/mol. The van der Waals surface area contributed by atoms with Crippen LogP contribution >= 0.6 is 12.2 Å². The zero-order chi connectivity index (χ0) is 14.7. The van der Waals surface area contributed by atoms with Crippen LogP contribution in [-0.2, 0) is 11.3 Å². The maximum atomic E-state index is 14.3. The number of rotatable bonds is 3. The number of amides is 1. The molecule has 0 radical (unpaired) electrons. The van der Waals surface area contributed by atoms with E-state index in [1.54, 1.807) is 23.1 Å². The highest BCUT2D eigenvalue weighted by Gasteiger charge is 2.21. The lowest BCUT2D eigenvalue weighted by Gasteiger charge is -2.21. The molecular formula is C15H19FN2OS. The number of carbonyl (C=O) groups excluding carboxylic acids is 1. The highest BCUT2D eigenvalue weighted by molar-refractivity contribution is 7.80. The number of hydrogen-bond donors (Lipinski definition) is 1. The molecule has 3 nitrogen and oxygen atoms in total. The number of nitrogens with zero attached hydrogens (tertiary/aromatic N) is 1. The van der Waals surface area contributed by atoms with Gasteiger partial charge in [0.25, 0.3) is 0 Å². The maximum Gasteiger partial charge on any atom is 0.222 e. The molecule has 2 rings (SSSR count). The maximum absolute atomic E-state index is 14.3. The smallest absolute Gasteiger partial charge is 0.222 e. The fourth-order valence-corrected chi connectivity index (χ4v) is 2.60. The zero-order valence-electron chi connectivity index (χ0n) is 11.6. The van der Waals surface area contributed by atoms with Gasteiger partial charge in [-0.05, 0) is 24.8 Å². The van der Waals surface area contributed by atoms with Gasteiger partial charge in [0.05, 0.1) is 0 Å². The number of nitrogens with two attached hydrogens (primary N) is 1. The van der Waals surface area contributed by atoms with E-state index in [9.17, 15) is 9.18 Å². The number of thiocarbonyl (C=S) groups is 1. The number of halogens is 1. The predicted molar refractivity (Wildman–Crippen MR) is 80.7 cm³/mol. The first-order chi connectivity index (χ1) is 9.49. The lowest BCUT2D eigenvalue weighted by molar-refractivity contribution is -0.131. The summed E-state index contributed by atoms with van der Waals surface area (Å²) in [5.74, 6) is 0.219. The Hall–Kier alpha value is -1.49. The summed E-state index contributed by atoms with van der Waals surface area (Å²) in [5.41, 5.74) is 6.21. The summed E-state index contributed by atoms with van der Waals surface area (Å²) < 4.78 is 14.3. The van der Waals surface area contributed by atoms with Gasteiger partial charge < -0.3 is 10.6 Å². The van der Waals surface area contributed by atoms with Crippen LogP contribution in [0.4, 0.5) is 4.39 Å². The van der Waals surface area contributed by atoms with Crippen LogP contribution in [0.5, 0.6) is 0 Å². The highest BCUT2D eigenvalue weighted by atomic mass is 32.1. The molecule has 1 unspecified atom stereocenters. The van der Waals surface area contributed by atoms with Gasteiger partial charge >= 0.3 is 0 Å². The minimum atomic E-state index is -0.412. The van der Waals surface area contributed by atoms with Gasteiger partial charge in [-0.3, -0.25) is 4.79 Å². The van der Waals surface area contributed by atoms with Crippen LogP contribution in [0.3, 0.4) is 0 Å². The SMILES string of the molecule is CC1CCC(=O)N(Cc2cccc(C(N)=S)c2F)CC1. The highest BCUT2D eigenvalue weighted by Crippen LogP contribution is 2.21. The monoisotopic (exact) mass is 294 g/mol. The molecule has 20 heavy (non-hydrogen) atoms. The first-order valence-electron chi connectivity index (χ1n) is 6.84. The second-order valence-corrected chi connectivity index (χ2v) is 5.83. The van der Waals surface area contributed by atoms with Crippen LogP contribution in [-0.4, -0.2) is 22.3 Å². The van der Waals surface area contributed by atoms with Crippen LogP contribution in [0.2, 0.25) is 0 Å². The van der Waals surface area contributed by atoms with Crippen molar-refractivity contribution in [1.29, 1.82) is 0 Å². The minimum absolute atomic E-state index is 0.0418. The van der Waals surface area contributed by atoms with Gasteiger partial charge in [-0.2, -0.15) is 0 Å². The molecule has 108 valence electrons. The van der Waals surface area contributed by atoms with E-state index >= 15 is 0 Å². The Labute approximate surface area is 123 Å². The Balaban J connectivity index is 2.19. The van der Waals surface area contributed by atoms with Crippen LogP contribution < -0.4 is 5.73 Å². The number of hydrogen-bond acceptors (Lipinski definition) is 2. The van der Waals surface area contributed by atoms with Crippen molar-refractivity contribution in [2.24, 2.45) is 11.7 Å². The first kappa shape index (κ1) is 14.9. The summed E-state index contributed by atoms with van der Waals surface area (Å²) in [6.07, 6.45) is 2.41. The Morgan fingerprint density at radius 3 is 2.95 bits per heavy atom. The largest absolute Gasteiger partial charge is 0.389 e. The second kappa shape index (κ2) is 6.31. The van der Waals surface area contributed by atoms with Gasteiger partial charge in [0.2, 0.25) is 5.91 Å². The number of benzene rings is 1. The molecule has 1 aromatic carbocycles. The third-order valence-electron chi connectivity index (χ3n) is 3.80. The van der Waals surface area contributed by atoms with Crippen LogP contribution in [0.1, 0.15) is 37.3 Å². The third kappa shape index (κ3) is 3.33. The summed E-state index contributed by atoms with van der Waals surface area (Å²) in [7, 11) is 0. The van der Waals surface area contributed by atoms with E-state index in [1.807, 2.05) is 0 Å². The van der Waals surface area contributed by atoms with Gasteiger partial charge in [-0.25, -0.2) is 4.39 Å². The van der Waals surface area contributed by atoms with E-state index in [0.29, 0.717) is 24.4 Å².